The van der Waals surface area contributed by atoms with Crippen LogP contribution in [0.4, 0.5) is 23.4 Å². The number of fused-ring (bicyclic) bond motifs is 1. The normalized spacial score (nSPS) is 13.5. The molecule has 0 aliphatic carbocycles. The fourth-order valence-electron chi connectivity index (χ4n) is 4.57. The van der Waals surface area contributed by atoms with Gasteiger partial charge in [-0.3, -0.25) is 9.20 Å². The summed E-state index contributed by atoms with van der Waals surface area (Å²) >= 11 is 6.28. The van der Waals surface area contributed by atoms with Gasteiger partial charge in [0.05, 0.1) is 28.4 Å². The van der Waals surface area contributed by atoms with Gasteiger partial charge in [-0.15, -0.1) is 0 Å². The van der Waals surface area contributed by atoms with Crippen LogP contribution >= 0.6 is 11.6 Å². The minimum absolute atomic E-state index is 0.0467. The summed E-state index contributed by atoms with van der Waals surface area (Å²) in [5, 5.41) is 2.26. The van der Waals surface area contributed by atoms with Gasteiger partial charge in [0.25, 0.3) is 5.91 Å². The lowest BCUT2D eigenvalue weighted by Crippen LogP contribution is -2.29. The lowest BCUT2D eigenvalue weighted by molar-refractivity contribution is -0.137. The first-order valence-corrected chi connectivity index (χ1v) is 12.8. The van der Waals surface area contributed by atoms with Gasteiger partial charge in [0.1, 0.15) is 28.5 Å². The second-order valence-corrected chi connectivity index (χ2v) is 10.2. The molecular formula is C28H28ClF4N5O2. The average molecular weight is 578 g/mol. The van der Waals surface area contributed by atoms with E-state index in [0.717, 1.165) is 12.1 Å². The minimum Gasteiger partial charge on any atom is -0.490 e. The second kappa shape index (κ2) is 11.0. The van der Waals surface area contributed by atoms with Gasteiger partial charge >= 0.3 is 6.18 Å². The van der Waals surface area contributed by atoms with E-state index in [1.807, 2.05) is 0 Å². The number of ether oxygens (including phenoxy) is 1. The third kappa shape index (κ3) is 5.56. The number of aromatic nitrogens is 3. The molecule has 0 fully saturated rings. The quantitative estimate of drug-likeness (QED) is 0.234. The molecule has 4 rings (SSSR count). The molecule has 0 saturated carbocycles. The van der Waals surface area contributed by atoms with Crippen LogP contribution in [0.5, 0.6) is 5.75 Å². The van der Waals surface area contributed by atoms with Crippen LogP contribution in [-0.4, -0.2) is 26.4 Å². The van der Waals surface area contributed by atoms with Gasteiger partial charge in [-0.1, -0.05) is 30.7 Å². The van der Waals surface area contributed by atoms with Crippen molar-refractivity contribution < 1.29 is 27.1 Å². The van der Waals surface area contributed by atoms with Gasteiger partial charge in [0, 0.05) is 23.9 Å². The first-order valence-electron chi connectivity index (χ1n) is 12.5. The molecule has 7 nitrogen and oxygen atoms in total. The van der Waals surface area contributed by atoms with Gasteiger partial charge in [-0.05, 0) is 51.5 Å². The SMILES string of the molecule is Cc1nc(C(C)c2cc(Cl)c(F)c(C(=O)NC(C)c3cccc(C(F)(F)F)c3)c2OC(C)C)n2ccnc(N)c12. The standard InChI is InChI=1S/C28H28ClF4N5O2/c1-13(2)40-24-19(14(3)26-36-16(5)23-25(34)35-9-10-38(23)26)12-20(29)22(30)21(24)27(39)37-15(4)17-7-6-8-18(11-17)28(31,32)33/h6-15H,1-5H3,(H2,34,35)(H,37,39). The molecule has 0 radical (unpaired) electrons. The third-order valence-electron chi connectivity index (χ3n) is 6.48. The number of rotatable bonds is 7. The van der Waals surface area contributed by atoms with E-state index in [4.69, 9.17) is 22.1 Å². The van der Waals surface area contributed by atoms with Crippen LogP contribution in [0, 0.1) is 12.7 Å². The Morgan fingerprint density at radius 2 is 1.88 bits per heavy atom. The fourth-order valence-corrected chi connectivity index (χ4v) is 4.78. The number of benzene rings is 2. The molecule has 212 valence electrons. The molecule has 12 heteroatoms. The first kappa shape index (κ1) is 29.1. The number of alkyl halides is 3. The van der Waals surface area contributed by atoms with Crippen molar-refractivity contribution in [2.75, 3.05) is 5.73 Å². The van der Waals surface area contributed by atoms with Crippen molar-refractivity contribution in [3.05, 3.63) is 87.3 Å². The molecular weight excluding hydrogens is 550 g/mol. The highest BCUT2D eigenvalue weighted by molar-refractivity contribution is 6.31. The number of hydrogen-bond acceptors (Lipinski definition) is 5. The zero-order chi connectivity index (χ0) is 29.5. The molecule has 2 aromatic carbocycles. The van der Waals surface area contributed by atoms with Crippen LogP contribution in [0.25, 0.3) is 5.52 Å². The number of amides is 1. The van der Waals surface area contributed by atoms with Crippen LogP contribution in [-0.2, 0) is 6.18 Å². The summed E-state index contributed by atoms with van der Waals surface area (Å²) in [5.41, 5.74) is 6.55. The molecule has 0 spiro atoms. The van der Waals surface area contributed by atoms with Crippen molar-refractivity contribution in [2.24, 2.45) is 0 Å². The van der Waals surface area contributed by atoms with Crippen LogP contribution < -0.4 is 15.8 Å². The van der Waals surface area contributed by atoms with E-state index in [-0.39, 0.29) is 22.2 Å². The van der Waals surface area contributed by atoms with E-state index >= 15 is 4.39 Å². The Kier molecular flexibility index (Phi) is 7.98. The number of nitrogen functional groups attached to an aromatic ring is 1. The third-order valence-corrected chi connectivity index (χ3v) is 6.76. The van der Waals surface area contributed by atoms with Crippen molar-refractivity contribution in [3.63, 3.8) is 0 Å². The molecule has 4 aromatic rings. The maximum atomic E-state index is 15.5. The maximum absolute atomic E-state index is 15.5. The molecule has 0 saturated heterocycles. The number of anilines is 1. The van der Waals surface area contributed by atoms with E-state index in [0.29, 0.717) is 22.6 Å². The number of aryl methyl sites for hydroxylation is 1. The Hall–Kier alpha value is -3.86. The highest BCUT2D eigenvalue weighted by Crippen LogP contribution is 2.40. The first-order chi connectivity index (χ1) is 18.7. The number of carbonyl (C=O) groups is 1. The maximum Gasteiger partial charge on any atom is 0.416 e. The number of nitrogens with zero attached hydrogens (tertiary/aromatic N) is 3. The summed E-state index contributed by atoms with van der Waals surface area (Å²) in [5.74, 6) is -1.70. The Morgan fingerprint density at radius 3 is 2.52 bits per heavy atom. The van der Waals surface area contributed by atoms with Crippen LogP contribution in [0.2, 0.25) is 5.02 Å². The summed E-state index contributed by atoms with van der Waals surface area (Å²) in [7, 11) is 0. The predicted octanol–water partition coefficient (Wildman–Crippen LogP) is 6.86. The summed E-state index contributed by atoms with van der Waals surface area (Å²) in [4.78, 5) is 22.3. The number of hydrogen-bond donors (Lipinski definition) is 2. The Balaban J connectivity index is 1.80. The summed E-state index contributed by atoms with van der Waals surface area (Å²) in [6.07, 6.45) is -1.80. The zero-order valence-corrected chi connectivity index (χ0v) is 23.2. The Labute approximate surface area is 233 Å². The van der Waals surface area contributed by atoms with E-state index < -0.39 is 47.1 Å². The van der Waals surface area contributed by atoms with Crippen molar-refractivity contribution >= 4 is 28.8 Å². The molecule has 2 atom stereocenters. The lowest BCUT2D eigenvalue weighted by atomic mass is 9.95. The molecule has 3 N–H and O–H groups in total. The molecule has 2 heterocycles. The molecule has 0 bridgehead atoms. The van der Waals surface area contributed by atoms with Gasteiger partial charge in [-0.25, -0.2) is 14.4 Å². The molecule has 1 amide bonds. The summed E-state index contributed by atoms with van der Waals surface area (Å²) in [6.45, 7) is 8.51. The number of imidazole rings is 1. The second-order valence-electron chi connectivity index (χ2n) is 9.76. The number of halogens is 5. The highest BCUT2D eigenvalue weighted by Gasteiger charge is 2.32. The van der Waals surface area contributed by atoms with Crippen LogP contribution in [0.3, 0.4) is 0 Å². The van der Waals surface area contributed by atoms with Crippen molar-refractivity contribution in [2.45, 2.75) is 58.9 Å². The van der Waals surface area contributed by atoms with Gasteiger partial charge < -0.3 is 15.8 Å². The van der Waals surface area contributed by atoms with Crippen molar-refractivity contribution in [3.8, 4) is 5.75 Å². The Bertz CT molecular complexity index is 1590. The van der Waals surface area contributed by atoms with Gasteiger partial charge in [0.15, 0.2) is 5.82 Å². The van der Waals surface area contributed by atoms with Crippen LogP contribution in [0.1, 0.15) is 78.2 Å². The van der Waals surface area contributed by atoms with Gasteiger partial charge in [-0.2, -0.15) is 13.2 Å². The van der Waals surface area contributed by atoms with Gasteiger partial charge in [0.2, 0.25) is 0 Å². The van der Waals surface area contributed by atoms with Crippen molar-refractivity contribution in [1.29, 1.82) is 0 Å². The highest BCUT2D eigenvalue weighted by atomic mass is 35.5. The zero-order valence-electron chi connectivity index (χ0n) is 22.4. The van der Waals surface area contributed by atoms with E-state index in [1.54, 1.807) is 38.3 Å². The monoisotopic (exact) mass is 577 g/mol. The molecule has 0 aliphatic rings. The fraction of sp³-hybridized carbons (Fsp3) is 0.321. The molecule has 0 aliphatic heterocycles. The number of nitrogens with two attached hydrogens (primary N) is 1. The summed E-state index contributed by atoms with van der Waals surface area (Å²) in [6, 6.07) is 5.04. The van der Waals surface area contributed by atoms with E-state index in [9.17, 15) is 18.0 Å². The molecule has 2 unspecified atom stereocenters. The van der Waals surface area contributed by atoms with E-state index in [2.05, 4.69) is 15.3 Å². The smallest absolute Gasteiger partial charge is 0.416 e. The molecule has 40 heavy (non-hydrogen) atoms. The Morgan fingerprint density at radius 1 is 1.18 bits per heavy atom. The molecule has 2 aromatic heterocycles. The minimum atomic E-state index is -4.56. The van der Waals surface area contributed by atoms with Crippen LogP contribution in [0.15, 0.2) is 42.7 Å². The van der Waals surface area contributed by atoms with E-state index in [1.165, 1.54) is 31.3 Å². The summed E-state index contributed by atoms with van der Waals surface area (Å²) < 4.78 is 62.9. The largest absolute Gasteiger partial charge is 0.490 e. The van der Waals surface area contributed by atoms with Crippen molar-refractivity contribution in [1.82, 2.24) is 19.7 Å². The predicted molar refractivity (Wildman–Crippen MR) is 144 cm³/mol. The average Bonchev–Trinajstić information content (AvgIpc) is 3.22. The topological polar surface area (TPSA) is 94.5 Å². The lowest BCUT2D eigenvalue weighted by Gasteiger charge is -2.23. The number of carbonyl (C=O) groups excluding carboxylic acids is 1. The number of nitrogens with one attached hydrogen (secondary N) is 1.